The summed E-state index contributed by atoms with van der Waals surface area (Å²) in [5.74, 6) is 0. The van der Waals surface area contributed by atoms with E-state index in [1.54, 1.807) is 18.2 Å². The van der Waals surface area contributed by atoms with Gasteiger partial charge in [0.2, 0.25) is 3.79 Å². The van der Waals surface area contributed by atoms with Crippen molar-refractivity contribution < 1.29 is 4.79 Å². The van der Waals surface area contributed by atoms with E-state index < -0.39 is 16.0 Å². The molecule has 0 bridgehead atoms. The van der Waals surface area contributed by atoms with Crippen LogP contribution in [0.15, 0.2) is 18.2 Å². The summed E-state index contributed by atoms with van der Waals surface area (Å²) < 4.78 is -1.84. The van der Waals surface area contributed by atoms with E-state index in [0.717, 1.165) is 0 Å². The topological polar surface area (TPSA) is 56.4 Å². The van der Waals surface area contributed by atoms with E-state index in [4.69, 9.17) is 70.2 Å². The molecule has 2 amide bonds. The summed E-state index contributed by atoms with van der Waals surface area (Å²) in [4.78, 5) is 13.7. The van der Waals surface area contributed by atoms with Crippen LogP contribution in [-0.2, 0) is 0 Å². The SMILES string of the molecule is CCN(CC)C(=O)N[C@@H](NC(=S)Nc1cc(Cl)ccc1Cl)C(Cl)(Cl)Cl. The van der Waals surface area contributed by atoms with Gasteiger partial charge in [0.1, 0.15) is 0 Å². The zero-order chi connectivity index (χ0) is 19.2. The molecular weight excluding hydrogens is 450 g/mol. The number of alkyl halides is 3. The quantitative estimate of drug-likeness (QED) is 0.324. The summed E-state index contributed by atoms with van der Waals surface area (Å²) in [6.07, 6.45) is -1.07. The van der Waals surface area contributed by atoms with E-state index in [0.29, 0.717) is 28.8 Å². The highest BCUT2D eigenvalue weighted by molar-refractivity contribution is 7.80. The van der Waals surface area contributed by atoms with E-state index in [1.165, 1.54) is 4.90 Å². The minimum absolute atomic E-state index is 0.0975. The van der Waals surface area contributed by atoms with Crippen LogP contribution in [0.1, 0.15) is 13.8 Å². The molecule has 0 aliphatic heterocycles. The number of nitrogens with one attached hydrogen (secondary N) is 3. The fourth-order valence-electron chi connectivity index (χ4n) is 1.81. The lowest BCUT2D eigenvalue weighted by molar-refractivity contribution is 0.198. The summed E-state index contributed by atoms with van der Waals surface area (Å²) in [6, 6.07) is 4.46. The molecule has 1 rings (SSSR count). The number of halogens is 5. The van der Waals surface area contributed by atoms with Gasteiger partial charge in [-0.1, -0.05) is 58.0 Å². The van der Waals surface area contributed by atoms with Gasteiger partial charge in [0.05, 0.1) is 10.7 Å². The maximum absolute atomic E-state index is 12.2. The first-order valence-electron chi connectivity index (χ1n) is 7.23. The van der Waals surface area contributed by atoms with Crippen LogP contribution in [0.3, 0.4) is 0 Å². The van der Waals surface area contributed by atoms with Crippen molar-refractivity contribution in [1.29, 1.82) is 0 Å². The lowest BCUT2D eigenvalue weighted by atomic mass is 10.3. The molecule has 0 saturated heterocycles. The first-order valence-corrected chi connectivity index (χ1v) is 9.53. The number of rotatable bonds is 5. The average Bonchev–Trinajstić information content (AvgIpc) is 2.50. The molecule has 0 spiro atoms. The largest absolute Gasteiger partial charge is 0.339 e. The van der Waals surface area contributed by atoms with Gasteiger partial charge in [-0.2, -0.15) is 0 Å². The van der Waals surface area contributed by atoms with Gasteiger partial charge in [-0.15, -0.1) is 0 Å². The third-order valence-electron chi connectivity index (χ3n) is 3.10. The highest BCUT2D eigenvalue weighted by Gasteiger charge is 2.35. The van der Waals surface area contributed by atoms with Gasteiger partial charge in [-0.3, -0.25) is 0 Å². The van der Waals surface area contributed by atoms with Crippen LogP contribution in [0.2, 0.25) is 10.0 Å². The molecule has 0 aliphatic carbocycles. The zero-order valence-corrected chi connectivity index (χ0v) is 18.0. The molecule has 1 aromatic carbocycles. The number of carbonyl (C=O) groups is 1. The van der Waals surface area contributed by atoms with Crippen LogP contribution < -0.4 is 16.0 Å². The number of hydrogen-bond acceptors (Lipinski definition) is 2. The molecular formula is C14H17Cl5N4OS. The van der Waals surface area contributed by atoms with Crippen LogP contribution in [-0.4, -0.2) is 39.1 Å². The third kappa shape index (κ3) is 7.41. The Morgan fingerprint density at radius 2 is 1.80 bits per heavy atom. The molecule has 0 fully saturated rings. The van der Waals surface area contributed by atoms with Crippen LogP contribution in [0.4, 0.5) is 10.5 Å². The summed E-state index contributed by atoms with van der Waals surface area (Å²) in [5.41, 5.74) is 0.477. The monoisotopic (exact) mass is 464 g/mol. The maximum Gasteiger partial charge on any atom is 0.319 e. The number of carbonyl (C=O) groups excluding carboxylic acids is 1. The molecule has 1 atom stereocenters. The smallest absolute Gasteiger partial charge is 0.319 e. The molecule has 3 N–H and O–H groups in total. The zero-order valence-electron chi connectivity index (χ0n) is 13.4. The van der Waals surface area contributed by atoms with E-state index >= 15 is 0 Å². The first-order chi connectivity index (χ1) is 11.6. The van der Waals surface area contributed by atoms with Crippen LogP contribution in [0, 0.1) is 0 Å². The average molecular weight is 467 g/mol. The number of urea groups is 1. The van der Waals surface area contributed by atoms with Crippen molar-refractivity contribution >= 4 is 87.1 Å². The number of amides is 2. The van der Waals surface area contributed by atoms with Crippen molar-refractivity contribution in [2.75, 3.05) is 18.4 Å². The number of hydrogen-bond donors (Lipinski definition) is 3. The molecule has 0 radical (unpaired) electrons. The summed E-state index contributed by atoms with van der Waals surface area (Å²) in [7, 11) is 0. The third-order valence-corrected chi connectivity index (χ3v) is 4.54. The summed E-state index contributed by atoms with van der Waals surface area (Å²) in [5, 5.41) is 9.17. The van der Waals surface area contributed by atoms with Crippen LogP contribution in [0.25, 0.3) is 0 Å². The van der Waals surface area contributed by atoms with Gasteiger partial charge in [0.25, 0.3) is 0 Å². The van der Waals surface area contributed by atoms with Gasteiger partial charge in [0.15, 0.2) is 11.3 Å². The van der Waals surface area contributed by atoms with Crippen molar-refractivity contribution in [3.05, 3.63) is 28.2 Å². The second-order valence-corrected chi connectivity index (χ2v) is 8.44. The Bertz CT molecular complexity index is 622. The Hall–Kier alpha value is -0.370. The Labute approximate surface area is 177 Å². The number of anilines is 1. The highest BCUT2D eigenvalue weighted by Crippen LogP contribution is 2.30. The standard InChI is InChI=1S/C14H17Cl5N4OS/c1-3-23(4-2)13(24)22-11(14(17,18)19)21-12(25)20-10-7-8(15)5-6-9(10)16/h5-7,11H,3-4H2,1-2H3,(H,22,24)(H2,20,21,25)/t11-/m1/s1. The molecule has 0 heterocycles. The Kier molecular flexibility index (Phi) is 9.15. The number of benzene rings is 1. The normalized spacial score (nSPS) is 12.3. The van der Waals surface area contributed by atoms with Crippen LogP contribution >= 0.6 is 70.2 Å². The molecule has 140 valence electrons. The summed E-state index contributed by atoms with van der Waals surface area (Å²) >= 11 is 35.0. The lowest BCUT2D eigenvalue weighted by Crippen LogP contribution is -2.58. The maximum atomic E-state index is 12.2. The predicted octanol–water partition coefficient (Wildman–Crippen LogP) is 5.03. The van der Waals surface area contributed by atoms with E-state index in [1.807, 2.05) is 13.8 Å². The molecule has 0 saturated carbocycles. The molecule has 25 heavy (non-hydrogen) atoms. The van der Waals surface area contributed by atoms with Crippen molar-refractivity contribution in [3.63, 3.8) is 0 Å². The van der Waals surface area contributed by atoms with E-state index in [2.05, 4.69) is 16.0 Å². The van der Waals surface area contributed by atoms with E-state index in [9.17, 15) is 4.79 Å². The highest BCUT2D eigenvalue weighted by atomic mass is 35.6. The van der Waals surface area contributed by atoms with E-state index in [-0.39, 0.29) is 5.11 Å². The van der Waals surface area contributed by atoms with Crippen molar-refractivity contribution in [2.24, 2.45) is 0 Å². The van der Waals surface area contributed by atoms with Crippen molar-refractivity contribution in [1.82, 2.24) is 15.5 Å². The second-order valence-electron chi connectivity index (χ2n) is 4.82. The van der Waals surface area contributed by atoms with Gasteiger partial charge in [0, 0.05) is 18.1 Å². The molecule has 0 unspecified atom stereocenters. The number of nitrogens with zero attached hydrogens (tertiary/aromatic N) is 1. The Balaban J connectivity index is 2.83. The lowest BCUT2D eigenvalue weighted by Gasteiger charge is -2.30. The van der Waals surface area contributed by atoms with Crippen molar-refractivity contribution in [2.45, 2.75) is 23.8 Å². The molecule has 5 nitrogen and oxygen atoms in total. The van der Waals surface area contributed by atoms with Gasteiger partial charge in [-0.25, -0.2) is 4.79 Å². The fraction of sp³-hybridized carbons (Fsp3) is 0.429. The molecule has 0 aliphatic rings. The molecule has 0 aromatic heterocycles. The second kappa shape index (κ2) is 10.1. The van der Waals surface area contributed by atoms with Crippen LogP contribution in [0.5, 0.6) is 0 Å². The Morgan fingerprint density at radius 1 is 1.20 bits per heavy atom. The number of thiocarbonyl (C=S) groups is 1. The Morgan fingerprint density at radius 3 is 2.32 bits per heavy atom. The van der Waals surface area contributed by atoms with Crippen molar-refractivity contribution in [3.8, 4) is 0 Å². The minimum Gasteiger partial charge on any atom is -0.339 e. The first kappa shape index (κ1) is 22.7. The fourth-order valence-corrected chi connectivity index (χ4v) is 2.70. The summed E-state index contributed by atoms with van der Waals surface area (Å²) in [6.45, 7) is 4.70. The van der Waals surface area contributed by atoms with Gasteiger partial charge in [-0.05, 0) is 44.3 Å². The predicted molar refractivity (Wildman–Crippen MR) is 111 cm³/mol. The molecule has 1 aromatic rings. The van der Waals surface area contributed by atoms with Gasteiger partial charge < -0.3 is 20.9 Å². The molecule has 11 heteroatoms. The van der Waals surface area contributed by atoms with Gasteiger partial charge >= 0.3 is 6.03 Å². The minimum atomic E-state index is -1.84.